The minimum Gasteiger partial charge on any atom is -0.490 e. The van der Waals surface area contributed by atoms with Gasteiger partial charge in [-0.05, 0) is 44.7 Å². The van der Waals surface area contributed by atoms with Gasteiger partial charge in [-0.3, -0.25) is 4.90 Å². The highest BCUT2D eigenvalue weighted by molar-refractivity contribution is 5.67. The average molecular weight is 358 g/mol. The zero-order chi connectivity index (χ0) is 18.4. The van der Waals surface area contributed by atoms with Crippen molar-refractivity contribution in [2.45, 2.75) is 19.9 Å². The highest BCUT2D eigenvalue weighted by atomic mass is 16.5. The molecule has 1 N–H and O–H groups in total. The summed E-state index contributed by atoms with van der Waals surface area (Å²) >= 11 is 0. The SMILES string of the molecule is CCOc1ccc(/C=C/c2nc(C3CNCCN3C)no2)cc1OCC. The van der Waals surface area contributed by atoms with Crippen molar-refractivity contribution < 1.29 is 14.0 Å². The second-order valence-corrected chi connectivity index (χ2v) is 6.10. The van der Waals surface area contributed by atoms with E-state index in [-0.39, 0.29) is 6.04 Å². The number of rotatable bonds is 7. The highest BCUT2D eigenvalue weighted by Gasteiger charge is 2.24. The van der Waals surface area contributed by atoms with Gasteiger partial charge in [0.2, 0.25) is 0 Å². The van der Waals surface area contributed by atoms with Crippen molar-refractivity contribution in [2.24, 2.45) is 0 Å². The molecule has 1 atom stereocenters. The van der Waals surface area contributed by atoms with Crippen LogP contribution < -0.4 is 14.8 Å². The molecule has 7 nitrogen and oxygen atoms in total. The van der Waals surface area contributed by atoms with Gasteiger partial charge in [0.05, 0.1) is 19.3 Å². The Morgan fingerprint density at radius 2 is 2.04 bits per heavy atom. The largest absolute Gasteiger partial charge is 0.490 e. The number of aromatic nitrogens is 2. The third-order valence-electron chi connectivity index (χ3n) is 4.25. The van der Waals surface area contributed by atoms with Gasteiger partial charge in [-0.2, -0.15) is 4.98 Å². The molecule has 2 heterocycles. The molecule has 1 aliphatic rings. The molecule has 0 aliphatic carbocycles. The van der Waals surface area contributed by atoms with Crippen LogP contribution in [0.5, 0.6) is 11.5 Å². The van der Waals surface area contributed by atoms with Crippen molar-refractivity contribution in [3.8, 4) is 11.5 Å². The Morgan fingerprint density at radius 3 is 2.81 bits per heavy atom. The van der Waals surface area contributed by atoms with Crippen LogP contribution in [0.1, 0.15) is 37.2 Å². The van der Waals surface area contributed by atoms with Crippen LogP contribution in [-0.4, -0.2) is 54.9 Å². The van der Waals surface area contributed by atoms with E-state index in [2.05, 4.69) is 27.4 Å². The second kappa shape index (κ2) is 8.82. The first-order valence-corrected chi connectivity index (χ1v) is 9.03. The minimum absolute atomic E-state index is 0.143. The molecule has 1 fully saturated rings. The van der Waals surface area contributed by atoms with Crippen molar-refractivity contribution in [3.63, 3.8) is 0 Å². The summed E-state index contributed by atoms with van der Waals surface area (Å²) in [5.74, 6) is 2.68. The summed E-state index contributed by atoms with van der Waals surface area (Å²) in [5.41, 5.74) is 0.980. The Bertz CT molecular complexity index is 744. The molecule has 1 aromatic carbocycles. The third kappa shape index (κ3) is 4.42. The van der Waals surface area contributed by atoms with Crippen LogP contribution in [0.15, 0.2) is 22.7 Å². The molecule has 2 aromatic rings. The van der Waals surface area contributed by atoms with Crippen molar-refractivity contribution in [1.29, 1.82) is 0 Å². The van der Waals surface area contributed by atoms with E-state index in [1.54, 1.807) is 0 Å². The van der Waals surface area contributed by atoms with E-state index in [4.69, 9.17) is 14.0 Å². The van der Waals surface area contributed by atoms with Gasteiger partial charge in [0.15, 0.2) is 17.3 Å². The van der Waals surface area contributed by atoms with Gasteiger partial charge in [0.25, 0.3) is 5.89 Å². The smallest absolute Gasteiger partial charge is 0.250 e. The zero-order valence-corrected chi connectivity index (χ0v) is 15.6. The van der Waals surface area contributed by atoms with E-state index >= 15 is 0 Å². The van der Waals surface area contributed by atoms with E-state index < -0.39 is 0 Å². The maximum absolute atomic E-state index is 5.65. The van der Waals surface area contributed by atoms with Gasteiger partial charge in [0.1, 0.15) is 0 Å². The maximum atomic E-state index is 5.65. The van der Waals surface area contributed by atoms with E-state index in [0.717, 1.165) is 36.7 Å². The summed E-state index contributed by atoms with van der Waals surface area (Å²) in [7, 11) is 2.08. The van der Waals surface area contributed by atoms with Gasteiger partial charge in [-0.15, -0.1) is 0 Å². The van der Waals surface area contributed by atoms with Crippen LogP contribution in [0.25, 0.3) is 12.2 Å². The zero-order valence-electron chi connectivity index (χ0n) is 15.6. The number of nitrogens with zero attached hydrogens (tertiary/aromatic N) is 3. The monoisotopic (exact) mass is 358 g/mol. The minimum atomic E-state index is 0.143. The molecule has 7 heteroatoms. The molecular formula is C19H26N4O3. The van der Waals surface area contributed by atoms with Gasteiger partial charge >= 0.3 is 0 Å². The summed E-state index contributed by atoms with van der Waals surface area (Å²) < 4.78 is 16.6. The summed E-state index contributed by atoms with van der Waals surface area (Å²) in [6, 6.07) is 5.97. The van der Waals surface area contributed by atoms with Crippen LogP contribution in [-0.2, 0) is 0 Å². The van der Waals surface area contributed by atoms with E-state index in [1.165, 1.54) is 0 Å². The summed E-state index contributed by atoms with van der Waals surface area (Å²) in [4.78, 5) is 6.73. The molecule has 1 aliphatic heterocycles. The number of hydrogen-bond donors (Lipinski definition) is 1. The van der Waals surface area contributed by atoms with E-state index in [9.17, 15) is 0 Å². The molecule has 0 spiro atoms. The Balaban J connectivity index is 1.72. The second-order valence-electron chi connectivity index (χ2n) is 6.10. The fourth-order valence-electron chi connectivity index (χ4n) is 2.88. The summed E-state index contributed by atoms with van der Waals surface area (Å²) in [6.07, 6.45) is 3.75. The lowest BCUT2D eigenvalue weighted by molar-refractivity contribution is 0.190. The van der Waals surface area contributed by atoms with Crippen molar-refractivity contribution in [3.05, 3.63) is 35.5 Å². The number of likely N-dealkylation sites (N-methyl/N-ethyl adjacent to an activating group) is 1. The molecule has 0 amide bonds. The van der Waals surface area contributed by atoms with Crippen LogP contribution in [0.2, 0.25) is 0 Å². The van der Waals surface area contributed by atoms with Crippen molar-refractivity contribution in [1.82, 2.24) is 20.4 Å². The highest BCUT2D eigenvalue weighted by Crippen LogP contribution is 2.29. The van der Waals surface area contributed by atoms with Crippen LogP contribution in [0.3, 0.4) is 0 Å². The van der Waals surface area contributed by atoms with E-state index in [0.29, 0.717) is 24.9 Å². The first-order chi connectivity index (χ1) is 12.7. The summed E-state index contributed by atoms with van der Waals surface area (Å²) in [6.45, 7) is 7.88. The van der Waals surface area contributed by atoms with Gasteiger partial charge < -0.3 is 19.3 Å². The standard InChI is InChI=1S/C19H26N4O3/c1-4-24-16-8-6-14(12-17(16)25-5-2)7-9-18-21-19(22-26-18)15-13-20-10-11-23(15)3/h6-9,12,15,20H,4-5,10-11,13H2,1-3H3/b9-7+. The predicted molar refractivity (Wildman–Crippen MR) is 100 cm³/mol. The number of benzene rings is 1. The van der Waals surface area contributed by atoms with Gasteiger partial charge in [-0.25, -0.2) is 0 Å². The molecule has 1 aromatic heterocycles. The molecule has 140 valence electrons. The maximum Gasteiger partial charge on any atom is 0.250 e. The Morgan fingerprint density at radius 1 is 1.23 bits per heavy atom. The van der Waals surface area contributed by atoms with Crippen molar-refractivity contribution >= 4 is 12.2 Å². The first kappa shape index (κ1) is 18.4. The molecule has 0 radical (unpaired) electrons. The first-order valence-electron chi connectivity index (χ1n) is 9.03. The number of nitrogens with one attached hydrogen (secondary N) is 1. The normalized spacial score (nSPS) is 18.3. The lowest BCUT2D eigenvalue weighted by Crippen LogP contribution is -2.44. The molecule has 0 saturated carbocycles. The average Bonchev–Trinajstić information content (AvgIpc) is 3.11. The van der Waals surface area contributed by atoms with Crippen LogP contribution in [0, 0.1) is 0 Å². The molecule has 1 unspecified atom stereocenters. The fourth-order valence-corrected chi connectivity index (χ4v) is 2.88. The lowest BCUT2D eigenvalue weighted by atomic mass is 10.2. The van der Waals surface area contributed by atoms with E-state index in [1.807, 2.05) is 44.2 Å². The number of piperazine rings is 1. The summed E-state index contributed by atoms with van der Waals surface area (Å²) in [5, 5.41) is 7.48. The number of hydrogen-bond acceptors (Lipinski definition) is 7. The lowest BCUT2D eigenvalue weighted by Gasteiger charge is -2.30. The van der Waals surface area contributed by atoms with Crippen LogP contribution >= 0.6 is 0 Å². The van der Waals surface area contributed by atoms with Gasteiger partial charge in [-0.1, -0.05) is 11.2 Å². The quantitative estimate of drug-likeness (QED) is 0.815. The third-order valence-corrected chi connectivity index (χ3v) is 4.25. The topological polar surface area (TPSA) is 72.7 Å². The fraction of sp³-hybridized carbons (Fsp3) is 0.474. The number of ether oxygens (including phenoxy) is 2. The predicted octanol–water partition coefficient (Wildman–Crippen LogP) is 2.61. The van der Waals surface area contributed by atoms with Crippen molar-refractivity contribution in [2.75, 3.05) is 39.9 Å². The van der Waals surface area contributed by atoms with Gasteiger partial charge in [0, 0.05) is 25.7 Å². The Hall–Kier alpha value is -2.38. The Labute approximate surface area is 154 Å². The Kier molecular flexibility index (Phi) is 6.25. The molecule has 26 heavy (non-hydrogen) atoms. The molecule has 1 saturated heterocycles. The molecule has 3 rings (SSSR count). The molecular weight excluding hydrogens is 332 g/mol. The molecule has 0 bridgehead atoms. The van der Waals surface area contributed by atoms with Crippen LogP contribution in [0.4, 0.5) is 0 Å².